The lowest BCUT2D eigenvalue weighted by molar-refractivity contribution is 0.370. The minimum Gasteiger partial charge on any atom is -0.317 e. The average Bonchev–Trinajstić information content (AvgIpc) is 2.68. The van der Waals surface area contributed by atoms with Crippen LogP contribution < -0.4 is 5.32 Å². The summed E-state index contributed by atoms with van der Waals surface area (Å²) in [6.45, 7) is 4.05. The van der Waals surface area contributed by atoms with Gasteiger partial charge < -0.3 is 5.32 Å². The summed E-state index contributed by atoms with van der Waals surface area (Å²) >= 11 is 9.35. The molecule has 1 aromatic carbocycles. The highest BCUT2D eigenvalue weighted by Crippen LogP contribution is 2.40. The molecule has 2 rings (SSSR count). The third-order valence-corrected chi connectivity index (χ3v) is 5.54. The summed E-state index contributed by atoms with van der Waals surface area (Å²) in [5.41, 5.74) is 0.794. The van der Waals surface area contributed by atoms with Crippen molar-refractivity contribution in [1.82, 2.24) is 5.32 Å². The van der Waals surface area contributed by atoms with Crippen LogP contribution >= 0.6 is 27.5 Å². The first-order chi connectivity index (χ1) is 9.65. The van der Waals surface area contributed by atoms with E-state index in [1.165, 1.54) is 25.7 Å². The molecule has 4 heteroatoms. The fraction of sp³-hybridized carbons (Fsp3) is 0.625. The van der Waals surface area contributed by atoms with Gasteiger partial charge >= 0.3 is 0 Å². The zero-order valence-electron chi connectivity index (χ0n) is 11.9. The van der Waals surface area contributed by atoms with Crippen LogP contribution in [0, 0.1) is 11.7 Å². The van der Waals surface area contributed by atoms with Gasteiger partial charge in [0.2, 0.25) is 0 Å². The second-order valence-corrected chi connectivity index (χ2v) is 6.81. The SMILES string of the molecule is CCNCC1CCCCCC1c1ccc(Br)c(Cl)c1F. The van der Waals surface area contributed by atoms with Gasteiger partial charge in [-0.1, -0.05) is 43.9 Å². The molecule has 1 aliphatic carbocycles. The molecule has 0 aromatic heterocycles. The van der Waals surface area contributed by atoms with E-state index < -0.39 is 0 Å². The number of hydrogen-bond acceptors (Lipinski definition) is 1. The molecule has 1 N–H and O–H groups in total. The van der Waals surface area contributed by atoms with E-state index in [0.29, 0.717) is 10.4 Å². The predicted molar refractivity (Wildman–Crippen MR) is 87.0 cm³/mol. The molecule has 2 unspecified atom stereocenters. The van der Waals surface area contributed by atoms with Crippen molar-refractivity contribution in [2.45, 2.75) is 44.9 Å². The van der Waals surface area contributed by atoms with Gasteiger partial charge in [-0.2, -0.15) is 0 Å². The molecule has 1 aliphatic rings. The molecule has 0 aliphatic heterocycles. The van der Waals surface area contributed by atoms with Crippen LogP contribution in [0.4, 0.5) is 4.39 Å². The maximum absolute atomic E-state index is 14.5. The van der Waals surface area contributed by atoms with Crippen LogP contribution in [0.1, 0.15) is 50.5 Å². The molecule has 112 valence electrons. The van der Waals surface area contributed by atoms with E-state index in [2.05, 4.69) is 28.2 Å². The van der Waals surface area contributed by atoms with Gasteiger partial charge in [0.15, 0.2) is 0 Å². The van der Waals surface area contributed by atoms with Crippen LogP contribution in [-0.4, -0.2) is 13.1 Å². The maximum Gasteiger partial charge on any atom is 0.146 e. The summed E-state index contributed by atoms with van der Waals surface area (Å²) in [5, 5.41) is 3.64. The molecule has 1 fully saturated rings. The Labute approximate surface area is 134 Å². The molecule has 0 radical (unpaired) electrons. The van der Waals surface area contributed by atoms with Gasteiger partial charge in [-0.05, 0) is 65.3 Å². The van der Waals surface area contributed by atoms with Crippen LogP contribution in [0.5, 0.6) is 0 Å². The first kappa shape index (κ1) is 16.3. The number of nitrogens with one attached hydrogen (secondary N) is 1. The molecule has 1 aromatic rings. The fourth-order valence-electron chi connectivity index (χ4n) is 3.20. The zero-order valence-corrected chi connectivity index (χ0v) is 14.2. The summed E-state index contributed by atoms with van der Waals surface area (Å²) in [6.07, 6.45) is 5.92. The first-order valence-corrected chi connectivity index (χ1v) is 8.66. The highest BCUT2D eigenvalue weighted by Gasteiger charge is 2.28. The van der Waals surface area contributed by atoms with Gasteiger partial charge in [-0.25, -0.2) is 4.39 Å². The van der Waals surface area contributed by atoms with E-state index in [1.807, 2.05) is 12.1 Å². The topological polar surface area (TPSA) is 12.0 Å². The minimum absolute atomic E-state index is 0.217. The van der Waals surface area contributed by atoms with Crippen LogP contribution in [-0.2, 0) is 0 Å². The van der Waals surface area contributed by atoms with Crippen molar-refractivity contribution in [3.63, 3.8) is 0 Å². The van der Waals surface area contributed by atoms with E-state index >= 15 is 0 Å². The molecular formula is C16H22BrClFN. The van der Waals surface area contributed by atoms with Gasteiger partial charge in [-0.3, -0.25) is 0 Å². The Morgan fingerprint density at radius 2 is 2.05 bits per heavy atom. The smallest absolute Gasteiger partial charge is 0.146 e. The average molecular weight is 363 g/mol. The van der Waals surface area contributed by atoms with Gasteiger partial charge in [0.05, 0.1) is 5.02 Å². The Morgan fingerprint density at radius 1 is 1.30 bits per heavy atom. The Morgan fingerprint density at radius 3 is 2.80 bits per heavy atom. The van der Waals surface area contributed by atoms with Gasteiger partial charge in [0, 0.05) is 4.47 Å². The van der Waals surface area contributed by atoms with E-state index in [1.54, 1.807) is 0 Å². The maximum atomic E-state index is 14.5. The van der Waals surface area contributed by atoms with Crippen molar-refractivity contribution in [3.8, 4) is 0 Å². The van der Waals surface area contributed by atoms with E-state index in [4.69, 9.17) is 11.6 Å². The van der Waals surface area contributed by atoms with Gasteiger partial charge in [0.25, 0.3) is 0 Å². The Balaban J connectivity index is 2.28. The van der Waals surface area contributed by atoms with Gasteiger partial charge in [0.1, 0.15) is 5.82 Å². The molecular weight excluding hydrogens is 341 g/mol. The molecule has 0 spiro atoms. The number of hydrogen-bond donors (Lipinski definition) is 1. The van der Waals surface area contributed by atoms with E-state index in [0.717, 1.165) is 25.1 Å². The fourth-order valence-corrected chi connectivity index (χ4v) is 3.67. The normalized spacial score (nSPS) is 23.6. The molecule has 2 atom stereocenters. The van der Waals surface area contributed by atoms with Crippen LogP contribution in [0.2, 0.25) is 5.02 Å². The number of halogens is 3. The lowest BCUT2D eigenvalue weighted by Gasteiger charge is -2.26. The first-order valence-electron chi connectivity index (χ1n) is 7.49. The molecule has 0 amide bonds. The summed E-state index contributed by atoms with van der Waals surface area (Å²) in [4.78, 5) is 0. The molecule has 20 heavy (non-hydrogen) atoms. The lowest BCUT2D eigenvalue weighted by atomic mass is 9.82. The highest BCUT2D eigenvalue weighted by atomic mass is 79.9. The Hall–Kier alpha value is -0.120. The van der Waals surface area contributed by atoms with Crippen molar-refractivity contribution < 1.29 is 4.39 Å². The second kappa shape index (κ2) is 7.77. The summed E-state index contributed by atoms with van der Waals surface area (Å²) in [6, 6.07) is 3.77. The van der Waals surface area contributed by atoms with Crippen LogP contribution in [0.25, 0.3) is 0 Å². The summed E-state index contributed by atoms with van der Waals surface area (Å²) in [7, 11) is 0. The van der Waals surface area contributed by atoms with Crippen molar-refractivity contribution >= 4 is 27.5 Å². The minimum atomic E-state index is -0.241. The third kappa shape index (κ3) is 3.75. The van der Waals surface area contributed by atoms with Crippen molar-refractivity contribution in [2.75, 3.05) is 13.1 Å². The largest absolute Gasteiger partial charge is 0.317 e. The quantitative estimate of drug-likeness (QED) is 0.549. The number of benzene rings is 1. The van der Waals surface area contributed by atoms with Gasteiger partial charge in [-0.15, -0.1) is 0 Å². The molecule has 1 saturated carbocycles. The van der Waals surface area contributed by atoms with Crippen LogP contribution in [0.3, 0.4) is 0 Å². The van der Waals surface area contributed by atoms with Crippen molar-refractivity contribution in [1.29, 1.82) is 0 Å². The Bertz CT molecular complexity index is 452. The lowest BCUT2D eigenvalue weighted by Crippen LogP contribution is -2.27. The van der Waals surface area contributed by atoms with E-state index in [9.17, 15) is 4.39 Å². The van der Waals surface area contributed by atoms with Crippen molar-refractivity contribution in [3.05, 3.63) is 33.0 Å². The standard InChI is InChI=1S/C16H22BrClFN/c1-2-20-10-11-6-4-3-5-7-12(11)13-8-9-14(17)15(18)16(13)19/h8-9,11-12,20H,2-7,10H2,1H3. The second-order valence-electron chi connectivity index (χ2n) is 5.58. The molecule has 0 heterocycles. The predicted octanol–water partition coefficient (Wildman–Crippen LogP) is 5.52. The molecule has 0 saturated heterocycles. The summed E-state index contributed by atoms with van der Waals surface area (Å²) < 4.78 is 15.1. The molecule has 0 bridgehead atoms. The van der Waals surface area contributed by atoms with Crippen LogP contribution in [0.15, 0.2) is 16.6 Å². The zero-order chi connectivity index (χ0) is 14.5. The monoisotopic (exact) mass is 361 g/mol. The number of rotatable bonds is 4. The van der Waals surface area contributed by atoms with E-state index in [-0.39, 0.29) is 16.8 Å². The summed E-state index contributed by atoms with van der Waals surface area (Å²) in [5.74, 6) is 0.542. The highest BCUT2D eigenvalue weighted by molar-refractivity contribution is 9.10. The Kier molecular flexibility index (Phi) is 6.31. The molecule has 1 nitrogen and oxygen atoms in total. The third-order valence-electron chi connectivity index (χ3n) is 4.28. The van der Waals surface area contributed by atoms with Crippen molar-refractivity contribution in [2.24, 2.45) is 5.92 Å².